The summed E-state index contributed by atoms with van der Waals surface area (Å²) in [4.78, 5) is 37.9. The van der Waals surface area contributed by atoms with Crippen LogP contribution in [0.4, 0.5) is 11.4 Å². The molecule has 0 saturated carbocycles. The number of morpholine rings is 1. The summed E-state index contributed by atoms with van der Waals surface area (Å²) in [5.74, 6) is 0.684. The minimum Gasteiger partial charge on any atom is -0.424 e. The number of nitrogens with one attached hydrogen (secondary N) is 1. The van der Waals surface area contributed by atoms with Crippen LogP contribution >= 0.6 is 0 Å². The standard InChI is InChI=1S/C27H29N5O4/c33-25(21-18-28-27(29-19-21)36-24-4-2-1-3-5-24)30-22-6-8-23(9-7-22)31-12-10-20(11-13-31)26(34)32-14-16-35-17-15-32/h1-9,18-20H,10-17H2,(H,30,33). The first-order valence-electron chi connectivity index (χ1n) is 12.2. The van der Waals surface area contributed by atoms with Crippen molar-refractivity contribution in [3.63, 3.8) is 0 Å². The topological polar surface area (TPSA) is 96.9 Å². The second kappa shape index (κ2) is 11.2. The normalized spacial score (nSPS) is 16.4. The first-order valence-corrected chi connectivity index (χ1v) is 12.2. The maximum atomic E-state index is 12.8. The van der Waals surface area contributed by atoms with Crippen molar-refractivity contribution in [2.45, 2.75) is 12.8 Å². The van der Waals surface area contributed by atoms with E-state index >= 15 is 0 Å². The van der Waals surface area contributed by atoms with Gasteiger partial charge < -0.3 is 24.6 Å². The highest BCUT2D eigenvalue weighted by Crippen LogP contribution is 2.26. The van der Waals surface area contributed by atoms with Crippen LogP contribution in [0.2, 0.25) is 0 Å². The molecule has 1 N–H and O–H groups in total. The summed E-state index contributed by atoms with van der Waals surface area (Å²) in [7, 11) is 0. The number of carbonyl (C=O) groups excluding carboxylic acids is 2. The number of hydrogen-bond donors (Lipinski definition) is 1. The first-order chi connectivity index (χ1) is 17.7. The Labute approximate surface area is 210 Å². The van der Waals surface area contributed by atoms with Crippen LogP contribution < -0.4 is 15.0 Å². The van der Waals surface area contributed by atoms with Gasteiger partial charge in [0, 0.05) is 55.9 Å². The van der Waals surface area contributed by atoms with E-state index in [4.69, 9.17) is 9.47 Å². The van der Waals surface area contributed by atoms with E-state index in [1.54, 1.807) is 12.1 Å². The molecule has 3 heterocycles. The molecule has 2 saturated heterocycles. The Morgan fingerprint density at radius 1 is 0.889 bits per heavy atom. The fourth-order valence-corrected chi connectivity index (χ4v) is 4.47. The molecule has 2 aromatic carbocycles. The first kappa shape index (κ1) is 23.7. The molecule has 186 valence electrons. The van der Waals surface area contributed by atoms with Crippen molar-refractivity contribution in [2.75, 3.05) is 49.6 Å². The predicted octanol–water partition coefficient (Wildman–Crippen LogP) is 3.60. The molecule has 0 spiro atoms. The molecule has 3 aromatic rings. The minimum atomic E-state index is -0.295. The number of amides is 2. The number of piperidine rings is 1. The molecule has 0 atom stereocenters. The number of anilines is 2. The largest absolute Gasteiger partial charge is 0.424 e. The van der Waals surface area contributed by atoms with Gasteiger partial charge in [0.15, 0.2) is 0 Å². The molecule has 2 aliphatic rings. The molecule has 1 aromatic heterocycles. The Morgan fingerprint density at radius 2 is 1.56 bits per heavy atom. The molecule has 9 nitrogen and oxygen atoms in total. The lowest BCUT2D eigenvalue weighted by Gasteiger charge is -2.36. The van der Waals surface area contributed by atoms with Crippen molar-refractivity contribution in [3.8, 4) is 11.8 Å². The summed E-state index contributed by atoms with van der Waals surface area (Å²) >= 11 is 0. The van der Waals surface area contributed by atoms with E-state index in [1.807, 2.05) is 47.4 Å². The summed E-state index contributed by atoms with van der Waals surface area (Å²) < 4.78 is 10.9. The molecule has 5 rings (SSSR count). The van der Waals surface area contributed by atoms with Crippen molar-refractivity contribution in [2.24, 2.45) is 5.92 Å². The number of benzene rings is 2. The van der Waals surface area contributed by atoms with Gasteiger partial charge in [0.2, 0.25) is 5.91 Å². The molecule has 0 unspecified atom stereocenters. The van der Waals surface area contributed by atoms with Crippen LogP contribution in [0.1, 0.15) is 23.2 Å². The zero-order valence-corrected chi connectivity index (χ0v) is 20.0. The second-order valence-electron chi connectivity index (χ2n) is 8.87. The summed E-state index contributed by atoms with van der Waals surface area (Å²) in [5.41, 5.74) is 2.10. The van der Waals surface area contributed by atoms with E-state index in [-0.39, 0.29) is 23.7 Å². The quantitative estimate of drug-likeness (QED) is 0.568. The molecule has 2 amide bonds. The third-order valence-corrected chi connectivity index (χ3v) is 6.50. The monoisotopic (exact) mass is 487 g/mol. The molecule has 2 fully saturated rings. The molecule has 0 radical (unpaired) electrons. The van der Waals surface area contributed by atoms with Crippen LogP contribution in [0.5, 0.6) is 11.8 Å². The lowest BCUT2D eigenvalue weighted by molar-refractivity contribution is -0.140. The van der Waals surface area contributed by atoms with Gasteiger partial charge in [-0.3, -0.25) is 9.59 Å². The van der Waals surface area contributed by atoms with Gasteiger partial charge in [-0.1, -0.05) is 18.2 Å². The maximum absolute atomic E-state index is 12.8. The Bertz CT molecular complexity index is 1160. The average molecular weight is 488 g/mol. The van der Waals surface area contributed by atoms with E-state index in [0.717, 1.165) is 31.6 Å². The molecule has 0 bridgehead atoms. The summed E-state index contributed by atoms with van der Waals surface area (Å²) in [6, 6.07) is 17.2. The molecular formula is C27H29N5O4. The molecule has 0 aliphatic carbocycles. The number of nitrogens with zero attached hydrogens (tertiary/aromatic N) is 4. The number of ether oxygens (including phenoxy) is 2. The summed E-state index contributed by atoms with van der Waals surface area (Å²) in [6.45, 7) is 4.33. The molecule has 36 heavy (non-hydrogen) atoms. The molecular weight excluding hydrogens is 458 g/mol. The highest BCUT2D eigenvalue weighted by molar-refractivity contribution is 6.03. The van der Waals surface area contributed by atoms with Crippen LogP contribution in [0, 0.1) is 5.92 Å². The van der Waals surface area contributed by atoms with Crippen LogP contribution in [0.3, 0.4) is 0 Å². The zero-order chi connectivity index (χ0) is 24.7. The lowest BCUT2D eigenvalue weighted by atomic mass is 9.94. The number of carbonyl (C=O) groups is 2. The molecule has 2 aliphatic heterocycles. The fraction of sp³-hybridized carbons (Fsp3) is 0.333. The highest BCUT2D eigenvalue weighted by atomic mass is 16.5. The second-order valence-corrected chi connectivity index (χ2v) is 8.87. The summed E-state index contributed by atoms with van der Waals surface area (Å²) in [6.07, 6.45) is 4.58. The number of rotatable bonds is 6. The van der Waals surface area contributed by atoms with Crippen molar-refractivity contribution in [1.82, 2.24) is 14.9 Å². The van der Waals surface area contributed by atoms with Gasteiger partial charge in [-0.15, -0.1) is 0 Å². The van der Waals surface area contributed by atoms with Crippen LogP contribution in [-0.2, 0) is 9.53 Å². The number of para-hydroxylation sites is 1. The Balaban J connectivity index is 1.11. The predicted molar refractivity (Wildman–Crippen MR) is 135 cm³/mol. The van der Waals surface area contributed by atoms with Crippen LogP contribution in [0.25, 0.3) is 0 Å². The van der Waals surface area contributed by atoms with Crippen molar-refractivity contribution in [3.05, 3.63) is 72.6 Å². The van der Waals surface area contributed by atoms with E-state index in [0.29, 0.717) is 43.3 Å². The van der Waals surface area contributed by atoms with Gasteiger partial charge >= 0.3 is 6.01 Å². The maximum Gasteiger partial charge on any atom is 0.321 e. The van der Waals surface area contributed by atoms with Gasteiger partial charge in [-0.05, 0) is 49.2 Å². The third kappa shape index (κ3) is 5.80. The fourth-order valence-electron chi connectivity index (χ4n) is 4.47. The highest BCUT2D eigenvalue weighted by Gasteiger charge is 2.29. The van der Waals surface area contributed by atoms with Crippen LogP contribution in [0.15, 0.2) is 67.0 Å². The summed E-state index contributed by atoms with van der Waals surface area (Å²) in [5, 5.41) is 2.88. The van der Waals surface area contributed by atoms with E-state index in [9.17, 15) is 9.59 Å². The van der Waals surface area contributed by atoms with Gasteiger partial charge in [0.25, 0.3) is 5.91 Å². The van der Waals surface area contributed by atoms with Crippen molar-refractivity contribution in [1.29, 1.82) is 0 Å². The van der Waals surface area contributed by atoms with Crippen LogP contribution in [-0.4, -0.2) is 66.1 Å². The van der Waals surface area contributed by atoms with Gasteiger partial charge in [0.1, 0.15) is 5.75 Å². The van der Waals surface area contributed by atoms with E-state index in [2.05, 4.69) is 20.2 Å². The van der Waals surface area contributed by atoms with E-state index < -0.39 is 0 Å². The van der Waals surface area contributed by atoms with Crippen molar-refractivity contribution >= 4 is 23.2 Å². The van der Waals surface area contributed by atoms with Crippen molar-refractivity contribution < 1.29 is 19.1 Å². The Morgan fingerprint density at radius 3 is 2.22 bits per heavy atom. The Kier molecular flexibility index (Phi) is 7.37. The SMILES string of the molecule is O=C(Nc1ccc(N2CCC(C(=O)N3CCOCC3)CC2)cc1)c1cnc(Oc2ccccc2)nc1. The Hall–Kier alpha value is -3.98. The average Bonchev–Trinajstić information content (AvgIpc) is 2.94. The van der Waals surface area contributed by atoms with Gasteiger partial charge in [-0.25, -0.2) is 9.97 Å². The third-order valence-electron chi connectivity index (χ3n) is 6.50. The van der Waals surface area contributed by atoms with Gasteiger partial charge in [0.05, 0.1) is 18.8 Å². The number of hydrogen-bond acceptors (Lipinski definition) is 7. The van der Waals surface area contributed by atoms with E-state index in [1.165, 1.54) is 12.4 Å². The number of aromatic nitrogens is 2. The lowest BCUT2D eigenvalue weighted by Crippen LogP contribution is -2.46. The molecule has 9 heteroatoms. The zero-order valence-electron chi connectivity index (χ0n) is 20.0. The smallest absolute Gasteiger partial charge is 0.321 e. The van der Waals surface area contributed by atoms with Gasteiger partial charge in [-0.2, -0.15) is 0 Å². The minimum absolute atomic E-state index is 0.0876.